The number of halogens is 2. The number of nitrogens with one attached hydrogen (secondary N) is 1. The number of hydrogen-bond donors (Lipinski definition) is 1. The molecule has 1 aromatic heterocycles. The number of benzene rings is 2. The van der Waals surface area contributed by atoms with E-state index in [4.69, 9.17) is 4.74 Å². The quantitative estimate of drug-likeness (QED) is 0.506. The van der Waals surface area contributed by atoms with Gasteiger partial charge >= 0.3 is 0 Å². The first kappa shape index (κ1) is 18.8. The van der Waals surface area contributed by atoms with Crippen LogP contribution in [0, 0.1) is 16.3 Å². The largest absolute Gasteiger partial charge is 0.486 e. The van der Waals surface area contributed by atoms with Crippen LogP contribution in [0.1, 0.15) is 16.3 Å². The van der Waals surface area contributed by atoms with Crippen molar-refractivity contribution < 1.29 is 13.9 Å². The summed E-state index contributed by atoms with van der Waals surface area (Å²) in [5.74, 6) is 0.166. The number of carbonyl (C=O) groups excluding carboxylic acids is 1. The number of thiazole rings is 1. The number of hydrogen-bond acceptors (Lipinski definition) is 4. The van der Waals surface area contributed by atoms with E-state index < -0.39 is 0 Å². The van der Waals surface area contributed by atoms with Gasteiger partial charge in [0.15, 0.2) is 0 Å². The minimum absolute atomic E-state index is 0.110. The molecular weight excluding hydrogens is 466 g/mol. The number of nitrogens with zero attached hydrogens (tertiary/aromatic N) is 1. The molecule has 1 heterocycles. The molecule has 26 heavy (non-hydrogen) atoms. The highest BCUT2D eigenvalue weighted by Gasteiger charge is 2.09. The third-order valence-corrected chi connectivity index (χ3v) is 5.61. The fourth-order valence-corrected chi connectivity index (χ4v) is 3.43. The molecule has 3 aromatic rings. The molecule has 4 nitrogen and oxygen atoms in total. The van der Waals surface area contributed by atoms with Gasteiger partial charge in [-0.05, 0) is 71.5 Å². The van der Waals surface area contributed by atoms with Crippen LogP contribution < -0.4 is 10.1 Å². The lowest BCUT2D eigenvalue weighted by Gasteiger charge is -2.06. The molecule has 0 fully saturated rings. The molecule has 134 valence electrons. The van der Waals surface area contributed by atoms with Crippen molar-refractivity contribution in [2.45, 2.75) is 20.0 Å². The molecule has 0 bridgehead atoms. The summed E-state index contributed by atoms with van der Waals surface area (Å²) in [6.07, 6.45) is 0.206. The predicted octanol–water partition coefficient (Wildman–Crippen LogP) is 4.96. The van der Waals surface area contributed by atoms with Crippen molar-refractivity contribution in [2.75, 3.05) is 5.32 Å². The van der Waals surface area contributed by atoms with E-state index in [0.29, 0.717) is 11.4 Å². The molecule has 0 unspecified atom stereocenters. The molecule has 0 spiro atoms. The fourth-order valence-electron chi connectivity index (χ4n) is 2.21. The van der Waals surface area contributed by atoms with Crippen molar-refractivity contribution in [3.8, 4) is 5.75 Å². The van der Waals surface area contributed by atoms with Crippen LogP contribution in [0.5, 0.6) is 5.75 Å². The number of aromatic nitrogens is 1. The third-order valence-electron chi connectivity index (χ3n) is 3.57. The van der Waals surface area contributed by atoms with Crippen LogP contribution in [0.25, 0.3) is 0 Å². The van der Waals surface area contributed by atoms with Gasteiger partial charge in [-0.1, -0.05) is 6.07 Å². The monoisotopic (exact) mass is 482 g/mol. The van der Waals surface area contributed by atoms with Crippen LogP contribution >= 0.6 is 33.9 Å². The Hall–Kier alpha value is -2.00. The van der Waals surface area contributed by atoms with Gasteiger partial charge in [0.1, 0.15) is 23.2 Å². The average molecular weight is 482 g/mol. The molecule has 0 saturated carbocycles. The maximum atomic E-state index is 12.9. The van der Waals surface area contributed by atoms with Crippen molar-refractivity contribution in [1.29, 1.82) is 0 Å². The van der Waals surface area contributed by atoms with Gasteiger partial charge in [0.2, 0.25) is 5.91 Å². The highest BCUT2D eigenvalue weighted by Crippen LogP contribution is 2.19. The van der Waals surface area contributed by atoms with Gasteiger partial charge in [-0.25, -0.2) is 9.37 Å². The number of amides is 1. The predicted molar refractivity (Wildman–Crippen MR) is 109 cm³/mol. The van der Waals surface area contributed by atoms with E-state index in [2.05, 4.69) is 32.9 Å². The van der Waals surface area contributed by atoms with Crippen LogP contribution in [-0.4, -0.2) is 10.9 Å². The number of rotatable bonds is 6. The van der Waals surface area contributed by atoms with E-state index in [9.17, 15) is 9.18 Å². The molecule has 2 aromatic carbocycles. The van der Waals surface area contributed by atoms with Crippen molar-refractivity contribution >= 4 is 45.5 Å². The lowest BCUT2D eigenvalue weighted by atomic mass is 10.2. The molecule has 1 amide bonds. The smallest absolute Gasteiger partial charge is 0.230 e. The van der Waals surface area contributed by atoms with Gasteiger partial charge in [-0.15, -0.1) is 11.3 Å². The normalized spacial score (nSPS) is 10.6. The Morgan fingerprint density at radius 2 is 2.04 bits per heavy atom. The topological polar surface area (TPSA) is 51.2 Å². The minimum Gasteiger partial charge on any atom is -0.486 e. The molecular formula is C19H16FIN2O2S. The Balaban J connectivity index is 1.53. The van der Waals surface area contributed by atoms with E-state index in [1.165, 1.54) is 29.0 Å². The Kier molecular flexibility index (Phi) is 6.20. The molecule has 0 aliphatic rings. The van der Waals surface area contributed by atoms with Crippen LogP contribution in [0.4, 0.5) is 10.1 Å². The standard InChI is InChI=1S/C19H16FIN2O2S/c1-12-2-5-14(8-17(12)21)22-18(24)9-15-11-26-19(23-15)10-25-16-6-3-13(20)4-7-16/h2-8,11H,9-10H2,1H3,(H,22,24). The molecule has 1 N–H and O–H groups in total. The van der Waals surface area contributed by atoms with Crippen LogP contribution in [-0.2, 0) is 17.8 Å². The van der Waals surface area contributed by atoms with Gasteiger partial charge < -0.3 is 10.1 Å². The molecule has 7 heteroatoms. The van der Waals surface area contributed by atoms with Gasteiger partial charge in [0, 0.05) is 14.6 Å². The highest BCUT2D eigenvalue weighted by molar-refractivity contribution is 14.1. The van der Waals surface area contributed by atoms with E-state index in [0.717, 1.165) is 14.3 Å². The van der Waals surface area contributed by atoms with Gasteiger partial charge in [0.25, 0.3) is 0 Å². The van der Waals surface area contributed by atoms with E-state index in [1.54, 1.807) is 12.1 Å². The van der Waals surface area contributed by atoms with E-state index in [-0.39, 0.29) is 24.8 Å². The van der Waals surface area contributed by atoms with Crippen LogP contribution in [0.3, 0.4) is 0 Å². The second kappa shape index (κ2) is 8.59. The first-order valence-electron chi connectivity index (χ1n) is 7.87. The van der Waals surface area contributed by atoms with Gasteiger partial charge in [-0.2, -0.15) is 0 Å². The summed E-state index contributed by atoms with van der Waals surface area (Å²) in [6.45, 7) is 2.31. The average Bonchev–Trinajstić information content (AvgIpc) is 3.05. The van der Waals surface area contributed by atoms with Crippen molar-refractivity contribution in [3.05, 3.63) is 73.5 Å². The highest BCUT2D eigenvalue weighted by atomic mass is 127. The molecule has 0 atom stereocenters. The number of aryl methyl sites for hydroxylation is 1. The number of ether oxygens (including phenoxy) is 1. The second-order valence-corrected chi connectivity index (χ2v) is 7.77. The van der Waals surface area contributed by atoms with Crippen molar-refractivity contribution in [2.24, 2.45) is 0 Å². The van der Waals surface area contributed by atoms with Crippen molar-refractivity contribution in [3.63, 3.8) is 0 Å². The van der Waals surface area contributed by atoms with Crippen LogP contribution in [0.15, 0.2) is 47.8 Å². The SMILES string of the molecule is Cc1ccc(NC(=O)Cc2csc(COc3ccc(F)cc3)n2)cc1I. The maximum Gasteiger partial charge on any atom is 0.230 e. The Bertz CT molecular complexity index is 912. The Labute approximate surface area is 168 Å². The Morgan fingerprint density at radius 1 is 1.27 bits per heavy atom. The zero-order valence-corrected chi connectivity index (χ0v) is 16.9. The first-order chi connectivity index (χ1) is 12.5. The number of carbonyl (C=O) groups is 1. The summed E-state index contributed by atoms with van der Waals surface area (Å²) >= 11 is 3.68. The lowest BCUT2D eigenvalue weighted by Crippen LogP contribution is -2.14. The third kappa shape index (κ3) is 5.25. The summed E-state index contributed by atoms with van der Waals surface area (Å²) in [5.41, 5.74) is 2.65. The van der Waals surface area contributed by atoms with E-state index >= 15 is 0 Å². The fraction of sp³-hybridized carbons (Fsp3) is 0.158. The summed E-state index contributed by atoms with van der Waals surface area (Å²) in [6, 6.07) is 11.6. The zero-order valence-electron chi connectivity index (χ0n) is 14.0. The summed E-state index contributed by atoms with van der Waals surface area (Å²) in [4.78, 5) is 16.6. The molecule has 0 aliphatic heterocycles. The lowest BCUT2D eigenvalue weighted by molar-refractivity contribution is -0.115. The minimum atomic E-state index is -0.303. The molecule has 3 rings (SSSR count). The zero-order chi connectivity index (χ0) is 18.5. The van der Waals surface area contributed by atoms with Gasteiger partial charge in [0.05, 0.1) is 12.1 Å². The molecule has 0 radical (unpaired) electrons. The Morgan fingerprint density at radius 3 is 2.77 bits per heavy atom. The summed E-state index contributed by atoms with van der Waals surface area (Å²) in [7, 11) is 0. The molecule has 0 saturated heterocycles. The van der Waals surface area contributed by atoms with Crippen LogP contribution in [0.2, 0.25) is 0 Å². The maximum absolute atomic E-state index is 12.9. The van der Waals surface area contributed by atoms with Gasteiger partial charge in [-0.3, -0.25) is 4.79 Å². The molecule has 0 aliphatic carbocycles. The first-order valence-corrected chi connectivity index (χ1v) is 9.83. The summed E-state index contributed by atoms with van der Waals surface area (Å²) < 4.78 is 19.5. The number of anilines is 1. The summed E-state index contributed by atoms with van der Waals surface area (Å²) in [5, 5.41) is 5.50. The van der Waals surface area contributed by atoms with E-state index in [1.807, 2.05) is 30.5 Å². The van der Waals surface area contributed by atoms with Crippen molar-refractivity contribution in [1.82, 2.24) is 4.98 Å². The second-order valence-electron chi connectivity index (χ2n) is 5.66.